The zero-order valence-electron chi connectivity index (χ0n) is 15.3. The minimum absolute atomic E-state index is 0.145. The van der Waals surface area contributed by atoms with Crippen LogP contribution in [0.2, 0.25) is 0 Å². The lowest BCUT2D eigenvalue weighted by molar-refractivity contribution is -0.138. The Labute approximate surface area is 153 Å². The molecule has 0 spiro atoms. The monoisotopic (exact) mass is 358 g/mol. The van der Waals surface area contributed by atoms with Gasteiger partial charge in [0.05, 0.1) is 6.61 Å². The molecule has 0 radical (unpaired) electrons. The van der Waals surface area contributed by atoms with Crippen molar-refractivity contribution in [2.24, 2.45) is 0 Å². The van der Waals surface area contributed by atoms with E-state index in [1.807, 2.05) is 4.90 Å². The Hall–Kier alpha value is -1.73. The zero-order valence-corrected chi connectivity index (χ0v) is 15.3. The minimum atomic E-state index is -0.145. The second-order valence-electron chi connectivity index (χ2n) is 8.10. The summed E-state index contributed by atoms with van der Waals surface area (Å²) in [5.74, 6) is 2.19. The normalized spacial score (nSPS) is 27.9. The predicted molar refractivity (Wildman–Crippen MR) is 93.5 cm³/mol. The second-order valence-corrected chi connectivity index (χ2v) is 8.10. The van der Waals surface area contributed by atoms with Gasteiger partial charge in [0.2, 0.25) is 5.91 Å². The first-order valence-corrected chi connectivity index (χ1v) is 9.86. The van der Waals surface area contributed by atoms with E-state index in [1.165, 1.54) is 18.4 Å². The number of allylic oxidation sites excluding steroid dienone is 1. The molecule has 3 heterocycles. The Kier molecular flexibility index (Phi) is 4.09. The molecule has 1 aromatic rings. The molecule has 4 aliphatic rings. The highest BCUT2D eigenvalue weighted by Crippen LogP contribution is 2.39. The summed E-state index contributed by atoms with van der Waals surface area (Å²) in [6, 6.07) is 0.415. The molecule has 7 heteroatoms. The lowest BCUT2D eigenvalue weighted by Crippen LogP contribution is -2.63. The molecule has 2 saturated heterocycles. The van der Waals surface area contributed by atoms with Crippen LogP contribution in [-0.4, -0.2) is 64.7 Å². The van der Waals surface area contributed by atoms with Crippen molar-refractivity contribution in [2.45, 2.75) is 57.1 Å². The summed E-state index contributed by atoms with van der Waals surface area (Å²) >= 11 is 0. The molecule has 3 fully saturated rings. The van der Waals surface area contributed by atoms with E-state index in [4.69, 9.17) is 9.26 Å². The van der Waals surface area contributed by atoms with Crippen LogP contribution in [0, 0.1) is 0 Å². The number of hydrogen-bond acceptors (Lipinski definition) is 6. The zero-order chi connectivity index (χ0) is 17.7. The lowest BCUT2D eigenvalue weighted by atomic mass is 10.0. The maximum Gasteiger partial charge on any atom is 0.257 e. The third-order valence-corrected chi connectivity index (χ3v) is 6.19. The van der Waals surface area contributed by atoms with E-state index in [-0.39, 0.29) is 12.0 Å². The van der Waals surface area contributed by atoms with E-state index in [0.29, 0.717) is 24.5 Å². The quantitative estimate of drug-likeness (QED) is 0.820. The summed E-state index contributed by atoms with van der Waals surface area (Å²) in [5.41, 5.74) is 2.34. The van der Waals surface area contributed by atoms with Gasteiger partial charge < -0.3 is 14.2 Å². The topological polar surface area (TPSA) is 71.7 Å². The van der Waals surface area contributed by atoms with Crippen LogP contribution in [-0.2, 0) is 9.53 Å². The van der Waals surface area contributed by atoms with E-state index in [0.717, 1.165) is 56.8 Å². The van der Waals surface area contributed by atoms with Crippen molar-refractivity contribution in [3.05, 3.63) is 22.9 Å². The van der Waals surface area contributed by atoms with Gasteiger partial charge in [0.25, 0.3) is 5.89 Å². The van der Waals surface area contributed by atoms with Gasteiger partial charge in [-0.05, 0) is 39.0 Å². The van der Waals surface area contributed by atoms with Crippen molar-refractivity contribution >= 4 is 5.91 Å². The highest BCUT2D eigenvalue weighted by atomic mass is 16.5. The smallest absolute Gasteiger partial charge is 0.257 e. The van der Waals surface area contributed by atoms with Crippen LogP contribution in [0.15, 0.2) is 15.7 Å². The summed E-state index contributed by atoms with van der Waals surface area (Å²) in [5, 5.41) is 4.10. The Morgan fingerprint density at radius 2 is 2.04 bits per heavy atom. The molecule has 1 atom stereocenters. The van der Waals surface area contributed by atoms with E-state index >= 15 is 0 Å². The Morgan fingerprint density at radius 3 is 2.77 bits per heavy atom. The van der Waals surface area contributed by atoms with Crippen LogP contribution >= 0.6 is 0 Å². The summed E-state index contributed by atoms with van der Waals surface area (Å²) in [4.78, 5) is 21.6. The molecule has 5 rings (SSSR count). The van der Waals surface area contributed by atoms with Crippen LogP contribution in [0.3, 0.4) is 0 Å². The number of carbonyl (C=O) groups excluding carboxylic acids is 1. The molecule has 0 bridgehead atoms. The summed E-state index contributed by atoms with van der Waals surface area (Å²) in [6.07, 6.45) is 5.34. The average molecular weight is 358 g/mol. The van der Waals surface area contributed by atoms with Crippen LogP contribution in [0.25, 0.3) is 0 Å². The van der Waals surface area contributed by atoms with Gasteiger partial charge in [0, 0.05) is 43.7 Å². The number of rotatable bonds is 4. The van der Waals surface area contributed by atoms with Crippen LogP contribution in [0.1, 0.15) is 62.8 Å². The predicted octanol–water partition coefficient (Wildman–Crippen LogP) is 2.03. The van der Waals surface area contributed by atoms with Gasteiger partial charge in [0.1, 0.15) is 6.10 Å². The summed E-state index contributed by atoms with van der Waals surface area (Å²) in [7, 11) is 0. The third kappa shape index (κ3) is 2.97. The molecule has 140 valence electrons. The standard InChI is InChI=1S/C19H26N4O3/c1-12-3-2-4-15(12)19(24)23-9-14(10-23)22-7-8-25-16(11-22)18-20-17(21-26-18)13-5-6-13/h13-14,16H,2-11H2,1H3. The first kappa shape index (κ1) is 16.4. The van der Waals surface area contributed by atoms with Crippen LogP contribution in [0.5, 0.6) is 0 Å². The van der Waals surface area contributed by atoms with E-state index in [1.54, 1.807) is 0 Å². The molecular formula is C19H26N4O3. The highest BCUT2D eigenvalue weighted by Gasteiger charge is 2.40. The summed E-state index contributed by atoms with van der Waals surface area (Å²) in [6.45, 7) is 6.07. The molecule has 1 aromatic heterocycles. The van der Waals surface area contributed by atoms with Crippen molar-refractivity contribution in [1.29, 1.82) is 0 Å². The van der Waals surface area contributed by atoms with Gasteiger partial charge in [0.15, 0.2) is 5.82 Å². The number of amides is 1. The van der Waals surface area contributed by atoms with Gasteiger partial charge in [-0.2, -0.15) is 4.98 Å². The lowest BCUT2D eigenvalue weighted by Gasteiger charge is -2.47. The van der Waals surface area contributed by atoms with Crippen molar-refractivity contribution < 1.29 is 14.1 Å². The van der Waals surface area contributed by atoms with Gasteiger partial charge >= 0.3 is 0 Å². The van der Waals surface area contributed by atoms with E-state index in [2.05, 4.69) is 22.0 Å². The van der Waals surface area contributed by atoms with Crippen molar-refractivity contribution in [3.8, 4) is 0 Å². The number of ether oxygens (including phenoxy) is 1. The fourth-order valence-electron chi connectivity index (χ4n) is 4.26. The summed E-state index contributed by atoms with van der Waals surface area (Å²) < 4.78 is 11.3. The van der Waals surface area contributed by atoms with Crippen molar-refractivity contribution in [3.63, 3.8) is 0 Å². The molecule has 1 amide bonds. The third-order valence-electron chi connectivity index (χ3n) is 6.19. The number of morpholine rings is 1. The molecule has 1 unspecified atom stereocenters. The van der Waals surface area contributed by atoms with Crippen LogP contribution in [0.4, 0.5) is 0 Å². The number of likely N-dealkylation sites (tertiary alicyclic amines) is 1. The molecule has 26 heavy (non-hydrogen) atoms. The largest absolute Gasteiger partial charge is 0.366 e. The van der Waals surface area contributed by atoms with Gasteiger partial charge in [-0.25, -0.2) is 0 Å². The van der Waals surface area contributed by atoms with Crippen LogP contribution < -0.4 is 0 Å². The maximum absolute atomic E-state index is 12.6. The SMILES string of the molecule is CC1=C(C(=O)N2CC(N3CCOC(c4nc(C5CC5)no4)C3)C2)CCC1. The molecular weight excluding hydrogens is 332 g/mol. The van der Waals surface area contributed by atoms with E-state index in [9.17, 15) is 4.79 Å². The molecule has 2 aliphatic heterocycles. The Balaban J connectivity index is 1.17. The maximum atomic E-state index is 12.6. The fourth-order valence-corrected chi connectivity index (χ4v) is 4.26. The number of aromatic nitrogens is 2. The first-order valence-electron chi connectivity index (χ1n) is 9.86. The first-order chi connectivity index (χ1) is 12.7. The molecule has 2 aliphatic carbocycles. The average Bonchev–Trinajstić information content (AvgIpc) is 3.17. The van der Waals surface area contributed by atoms with Gasteiger partial charge in [-0.15, -0.1) is 0 Å². The number of nitrogens with zero attached hydrogens (tertiary/aromatic N) is 4. The Morgan fingerprint density at radius 1 is 1.19 bits per heavy atom. The van der Waals surface area contributed by atoms with E-state index < -0.39 is 0 Å². The fraction of sp³-hybridized carbons (Fsp3) is 0.737. The Bertz CT molecular complexity index is 733. The number of hydrogen-bond donors (Lipinski definition) is 0. The minimum Gasteiger partial charge on any atom is -0.366 e. The highest BCUT2D eigenvalue weighted by molar-refractivity contribution is 5.95. The molecule has 1 saturated carbocycles. The van der Waals surface area contributed by atoms with Gasteiger partial charge in [-0.1, -0.05) is 10.7 Å². The van der Waals surface area contributed by atoms with Crippen molar-refractivity contribution in [2.75, 3.05) is 32.8 Å². The second kappa shape index (κ2) is 6.46. The number of carbonyl (C=O) groups is 1. The molecule has 7 nitrogen and oxygen atoms in total. The molecule has 0 N–H and O–H groups in total. The molecule has 0 aromatic carbocycles. The van der Waals surface area contributed by atoms with Gasteiger partial charge in [-0.3, -0.25) is 9.69 Å². The van der Waals surface area contributed by atoms with Crippen molar-refractivity contribution in [1.82, 2.24) is 19.9 Å².